The van der Waals surface area contributed by atoms with Crippen LogP contribution in [0.2, 0.25) is 0 Å². The van der Waals surface area contributed by atoms with Gasteiger partial charge in [-0.25, -0.2) is 0 Å². The molecule has 0 aromatic carbocycles. The van der Waals surface area contributed by atoms with Gasteiger partial charge in [0.25, 0.3) is 0 Å². The second-order valence-electron chi connectivity index (χ2n) is 14.8. The Kier molecular flexibility index (Phi) is 42.9. The predicted octanol–water partition coefficient (Wildman–Crippen LogP) is 12.7. The molecule has 0 aliphatic carbocycles. The van der Waals surface area contributed by atoms with E-state index >= 15 is 0 Å². The fraction of sp³-hybridized carbons (Fsp3) is 0.826. The van der Waals surface area contributed by atoms with Crippen molar-refractivity contribution in [3.05, 3.63) is 48.6 Å². The van der Waals surface area contributed by atoms with Crippen LogP contribution in [-0.4, -0.2) is 62.2 Å². The number of hydrogen-bond acceptors (Lipinski definition) is 4. The lowest BCUT2D eigenvalue weighted by atomic mass is 10.1. The van der Waals surface area contributed by atoms with Gasteiger partial charge in [-0.3, -0.25) is 0 Å². The monoisotopic (exact) mass is 699 g/mol. The summed E-state index contributed by atoms with van der Waals surface area (Å²) in [6.07, 6.45) is 55.4. The van der Waals surface area contributed by atoms with E-state index in [9.17, 15) is 0 Å². The normalized spacial score (nSPS) is 12.5. The Balaban J connectivity index is 3.93. The minimum Gasteiger partial charge on any atom is -0.330 e. The molecule has 294 valence electrons. The second kappa shape index (κ2) is 44.0. The molecule has 0 amide bonds. The Bertz CT molecular complexity index is 680. The van der Waals surface area contributed by atoms with Crippen molar-refractivity contribution in [2.45, 2.75) is 194 Å². The molecule has 4 N–H and O–H groups in total. The maximum absolute atomic E-state index is 5.89. The first-order chi connectivity index (χ1) is 24.8. The lowest BCUT2D eigenvalue weighted by Crippen LogP contribution is -2.31. The number of hydrogen-bond donors (Lipinski definition) is 2. The van der Waals surface area contributed by atoms with Gasteiger partial charge in [0.05, 0.1) is 0 Å². The summed E-state index contributed by atoms with van der Waals surface area (Å²) in [5.74, 6) is 0. The van der Waals surface area contributed by atoms with Crippen LogP contribution in [0.3, 0.4) is 0 Å². The van der Waals surface area contributed by atoms with Crippen LogP contribution in [0.1, 0.15) is 194 Å². The number of rotatable bonds is 41. The highest BCUT2D eigenvalue weighted by Crippen LogP contribution is 2.12. The van der Waals surface area contributed by atoms with E-state index in [-0.39, 0.29) is 0 Å². The Labute approximate surface area is 315 Å². The highest BCUT2D eigenvalue weighted by Gasteiger charge is 2.07. The molecule has 0 spiro atoms. The predicted molar refractivity (Wildman–Crippen MR) is 228 cm³/mol. The highest BCUT2D eigenvalue weighted by molar-refractivity contribution is 4.93. The fourth-order valence-corrected chi connectivity index (χ4v) is 6.62. The number of unbranched alkanes of at least 4 members (excludes halogenated alkanes) is 19. The first-order valence-electron chi connectivity index (χ1n) is 22.2. The van der Waals surface area contributed by atoms with Gasteiger partial charge in [0.1, 0.15) is 0 Å². The van der Waals surface area contributed by atoms with Crippen molar-refractivity contribution in [3.63, 3.8) is 0 Å². The fourth-order valence-electron chi connectivity index (χ4n) is 6.62. The minimum absolute atomic E-state index is 0.807. The quantitative estimate of drug-likeness (QED) is 0.0493. The number of nitrogens with zero attached hydrogens (tertiary/aromatic N) is 2. The van der Waals surface area contributed by atoms with E-state index in [1.807, 2.05) is 0 Å². The van der Waals surface area contributed by atoms with Gasteiger partial charge in [0.2, 0.25) is 0 Å². The van der Waals surface area contributed by atoms with Gasteiger partial charge in [-0.2, -0.15) is 0 Å². The molecule has 0 saturated carbocycles. The van der Waals surface area contributed by atoms with Crippen LogP contribution >= 0.6 is 0 Å². The highest BCUT2D eigenvalue weighted by atomic mass is 15.1. The second-order valence-corrected chi connectivity index (χ2v) is 14.8. The zero-order valence-corrected chi connectivity index (χ0v) is 34.1. The van der Waals surface area contributed by atoms with Crippen LogP contribution in [0, 0.1) is 0 Å². The summed E-state index contributed by atoms with van der Waals surface area (Å²) >= 11 is 0. The molecule has 0 saturated heterocycles. The van der Waals surface area contributed by atoms with Crippen LogP contribution in [0.5, 0.6) is 0 Å². The Hall–Kier alpha value is -1.20. The molecule has 0 atom stereocenters. The first-order valence-corrected chi connectivity index (χ1v) is 22.2. The minimum atomic E-state index is 0.807. The molecular formula is C46H90N4. The largest absolute Gasteiger partial charge is 0.330 e. The third-order valence-corrected chi connectivity index (χ3v) is 9.91. The Morgan fingerprint density at radius 1 is 0.300 bits per heavy atom. The van der Waals surface area contributed by atoms with Gasteiger partial charge in [-0.05, 0) is 155 Å². The lowest BCUT2D eigenvalue weighted by molar-refractivity contribution is 0.233. The molecule has 4 heteroatoms. The van der Waals surface area contributed by atoms with Crippen molar-refractivity contribution in [3.8, 4) is 0 Å². The summed E-state index contributed by atoms with van der Waals surface area (Å²) in [5.41, 5.74) is 11.8. The summed E-state index contributed by atoms with van der Waals surface area (Å²) in [7, 11) is 0. The molecule has 0 radical (unpaired) electrons. The summed E-state index contributed by atoms with van der Waals surface area (Å²) < 4.78 is 0. The van der Waals surface area contributed by atoms with Crippen molar-refractivity contribution in [2.24, 2.45) is 11.5 Å². The van der Waals surface area contributed by atoms with E-state index in [2.05, 4.69) is 72.3 Å². The SMILES string of the molecule is CCCCC/C=C\C/C=C\CCCCCCCCN(CCCN)CCCCN(CCCN)CCCCCCCC/C=C\C/C=C\CCCCC. The molecule has 4 nitrogen and oxygen atoms in total. The number of allylic oxidation sites excluding steroid dienone is 8. The van der Waals surface area contributed by atoms with Gasteiger partial charge < -0.3 is 21.3 Å². The smallest absolute Gasteiger partial charge is 0.000672 e. The van der Waals surface area contributed by atoms with Crippen molar-refractivity contribution in [1.29, 1.82) is 0 Å². The van der Waals surface area contributed by atoms with E-state index in [1.165, 1.54) is 193 Å². The molecule has 0 heterocycles. The van der Waals surface area contributed by atoms with Gasteiger partial charge in [0, 0.05) is 0 Å². The van der Waals surface area contributed by atoms with E-state index in [0.29, 0.717) is 0 Å². The van der Waals surface area contributed by atoms with E-state index in [1.54, 1.807) is 0 Å². The molecule has 0 aromatic heterocycles. The van der Waals surface area contributed by atoms with Crippen molar-refractivity contribution < 1.29 is 0 Å². The van der Waals surface area contributed by atoms with Gasteiger partial charge >= 0.3 is 0 Å². The van der Waals surface area contributed by atoms with Crippen LogP contribution in [0.4, 0.5) is 0 Å². The zero-order valence-electron chi connectivity index (χ0n) is 34.1. The molecule has 0 bridgehead atoms. The third-order valence-electron chi connectivity index (χ3n) is 9.91. The summed E-state index contributed by atoms with van der Waals surface area (Å²) in [6, 6.07) is 0. The zero-order chi connectivity index (χ0) is 36.3. The van der Waals surface area contributed by atoms with Crippen LogP contribution in [0.15, 0.2) is 48.6 Å². The molecule has 50 heavy (non-hydrogen) atoms. The third kappa shape index (κ3) is 39.6. The van der Waals surface area contributed by atoms with Gasteiger partial charge in [-0.1, -0.05) is 140 Å². The molecule has 0 aliphatic heterocycles. The standard InChI is InChI=1S/C46H90N4/c1-3-5-7-9-11-13-15-17-19-21-23-25-27-29-31-33-41-49(45-37-39-47)43-35-36-44-50(46-38-40-48)42-34-32-30-28-26-24-22-20-18-16-14-12-10-8-6-4-2/h11-14,17-20H,3-10,15-16,21-48H2,1-2H3/b13-11-,14-12-,19-17-,20-18-. The number of nitrogens with two attached hydrogens (primary N) is 2. The van der Waals surface area contributed by atoms with Crippen molar-refractivity contribution in [1.82, 2.24) is 9.80 Å². The van der Waals surface area contributed by atoms with Crippen LogP contribution in [-0.2, 0) is 0 Å². The van der Waals surface area contributed by atoms with Crippen molar-refractivity contribution in [2.75, 3.05) is 52.4 Å². The van der Waals surface area contributed by atoms with Gasteiger partial charge in [0.15, 0.2) is 0 Å². The van der Waals surface area contributed by atoms with Crippen LogP contribution < -0.4 is 11.5 Å². The van der Waals surface area contributed by atoms with Crippen LogP contribution in [0.25, 0.3) is 0 Å². The van der Waals surface area contributed by atoms with Gasteiger partial charge in [-0.15, -0.1) is 0 Å². The summed E-state index contributed by atoms with van der Waals surface area (Å²) in [6.45, 7) is 13.4. The lowest BCUT2D eigenvalue weighted by Gasteiger charge is -2.24. The van der Waals surface area contributed by atoms with E-state index in [0.717, 1.165) is 38.8 Å². The molecule has 0 unspecified atom stereocenters. The van der Waals surface area contributed by atoms with Crippen molar-refractivity contribution >= 4 is 0 Å². The summed E-state index contributed by atoms with van der Waals surface area (Å²) in [5, 5.41) is 0. The first kappa shape index (κ1) is 48.8. The Morgan fingerprint density at radius 3 is 0.880 bits per heavy atom. The molecule has 0 rings (SSSR count). The average molecular weight is 699 g/mol. The summed E-state index contributed by atoms with van der Waals surface area (Å²) in [4.78, 5) is 5.39. The average Bonchev–Trinajstić information content (AvgIpc) is 3.13. The maximum atomic E-state index is 5.89. The molecule has 0 aromatic rings. The molecular weight excluding hydrogens is 609 g/mol. The topological polar surface area (TPSA) is 58.5 Å². The maximum Gasteiger partial charge on any atom is -0.000672 e. The molecule has 0 fully saturated rings. The van der Waals surface area contributed by atoms with E-state index in [4.69, 9.17) is 11.5 Å². The van der Waals surface area contributed by atoms with E-state index < -0.39 is 0 Å². The Morgan fingerprint density at radius 2 is 0.560 bits per heavy atom. The molecule has 0 aliphatic rings.